The number of anilines is 10. The lowest BCUT2D eigenvalue weighted by Crippen LogP contribution is -2.36. The second-order valence-corrected chi connectivity index (χ2v) is 28.9. The molecule has 0 bridgehead atoms. The van der Waals surface area contributed by atoms with Crippen LogP contribution in [0.4, 0.5) is 79.3 Å². The minimum absolute atomic E-state index is 0.0342. The fraction of sp³-hybridized carbons (Fsp3) is 0.369. The van der Waals surface area contributed by atoms with Gasteiger partial charge in [-0.05, 0) is 139 Å². The van der Waals surface area contributed by atoms with Gasteiger partial charge in [-0.3, -0.25) is 28.3 Å². The number of aromatic nitrogens is 5. The Balaban J connectivity index is 1.00. The van der Waals surface area contributed by atoms with Crippen molar-refractivity contribution >= 4 is 169 Å². The number of hydrogen-bond acceptors (Lipinski definition) is 28. The quantitative estimate of drug-likeness (QED) is 0.00872. The van der Waals surface area contributed by atoms with Gasteiger partial charge in [-0.25, -0.2) is 0 Å². The van der Waals surface area contributed by atoms with Crippen molar-refractivity contribution in [2.45, 2.75) is 93.8 Å². The van der Waals surface area contributed by atoms with Gasteiger partial charge in [0.1, 0.15) is 23.0 Å². The topological polar surface area (TPSA) is 370 Å². The molecule has 34 heteroatoms. The highest BCUT2D eigenvalue weighted by molar-refractivity contribution is 7.99. The summed E-state index contributed by atoms with van der Waals surface area (Å²) < 4.78 is 78.2. The Morgan fingerprint density at radius 2 is 0.990 bits per heavy atom. The molecule has 0 radical (unpaired) electrons. The zero-order valence-electron chi connectivity index (χ0n) is 55.2. The number of Topliss-reactive ketones (excluding diaryl/α,β-unsaturated/α-hetero) is 2. The first-order chi connectivity index (χ1) is 47.5. The van der Waals surface area contributed by atoms with Crippen LogP contribution >= 0.6 is 34.4 Å². The lowest BCUT2D eigenvalue weighted by Gasteiger charge is -2.27. The zero-order valence-corrected chi connectivity index (χ0v) is 59.3. The first-order valence-electron chi connectivity index (χ1n) is 32.0. The minimum Gasteiger partial charge on any atom is -0.378 e. The monoisotopic (exact) mass is 1450 g/mol. The van der Waals surface area contributed by atoms with Gasteiger partial charge in [0.2, 0.25) is 22.2 Å². The van der Waals surface area contributed by atoms with Gasteiger partial charge >= 0.3 is 0 Å². The number of nitrogens with zero attached hydrogens (tertiary/aromatic N) is 13. The highest BCUT2D eigenvalue weighted by Crippen LogP contribution is 2.42. The Bertz CT molecular complexity index is 4210. The number of morpholine rings is 2. The van der Waals surface area contributed by atoms with Crippen LogP contribution in [-0.2, 0) is 48.9 Å². The molecule has 10 rings (SSSR count). The molecule has 3 fully saturated rings. The minimum atomic E-state index is -4.59. The van der Waals surface area contributed by atoms with E-state index in [9.17, 15) is 45.1 Å². The van der Waals surface area contributed by atoms with Crippen molar-refractivity contribution in [1.82, 2.24) is 24.9 Å². The van der Waals surface area contributed by atoms with Gasteiger partial charge in [0.25, 0.3) is 32.1 Å². The number of benzene rings is 4. The zero-order chi connectivity index (χ0) is 70.4. The lowest BCUT2D eigenvalue weighted by atomic mass is 10.0. The van der Waals surface area contributed by atoms with Crippen molar-refractivity contribution < 1.29 is 54.6 Å². The van der Waals surface area contributed by atoms with Gasteiger partial charge in [0.05, 0.1) is 68.5 Å². The third-order valence-corrected chi connectivity index (χ3v) is 20.7. The van der Waals surface area contributed by atoms with Crippen LogP contribution in [0.25, 0.3) is 12.2 Å². The van der Waals surface area contributed by atoms with Crippen LogP contribution < -0.4 is 40.9 Å². The molecule has 2 aliphatic heterocycles. The molecule has 6 N–H and O–H groups in total. The number of ketones is 2. The molecule has 4 aromatic carbocycles. The van der Waals surface area contributed by atoms with E-state index < -0.39 is 53.4 Å². The number of rotatable bonds is 28. The predicted octanol–water partition coefficient (Wildman–Crippen LogP) is 12.6. The van der Waals surface area contributed by atoms with Gasteiger partial charge in [0.15, 0.2) is 16.7 Å². The van der Waals surface area contributed by atoms with E-state index in [4.69, 9.17) is 44.6 Å². The number of amides is 2. The van der Waals surface area contributed by atoms with Crippen LogP contribution in [-0.4, -0.2) is 158 Å². The van der Waals surface area contributed by atoms with Gasteiger partial charge in [0, 0.05) is 80.4 Å². The van der Waals surface area contributed by atoms with E-state index >= 15 is 0 Å². The molecule has 1 saturated carbocycles. The van der Waals surface area contributed by atoms with E-state index in [1.165, 1.54) is 62.4 Å². The number of thiazole rings is 2. The smallest absolute Gasteiger partial charge is 0.294 e. The number of hydrogen-bond donors (Lipinski definition) is 6. The second-order valence-electron chi connectivity index (χ2n) is 22.8. The average Bonchev–Trinajstić information content (AvgIpc) is 1.79. The molecule has 29 nitrogen and oxygen atoms in total. The Kier molecular flexibility index (Phi) is 24.4. The van der Waals surface area contributed by atoms with Crippen LogP contribution in [0.5, 0.6) is 0 Å². The summed E-state index contributed by atoms with van der Waals surface area (Å²) >= 11 is 3.76. The summed E-state index contributed by atoms with van der Waals surface area (Å²) in [5.74, 6) is -1.56. The molecule has 99 heavy (non-hydrogen) atoms. The summed E-state index contributed by atoms with van der Waals surface area (Å²) in [5, 5.41) is 32.1. The number of nitrogens with one attached hydrogen (secondary N) is 4. The van der Waals surface area contributed by atoms with Crippen molar-refractivity contribution in [2.75, 3.05) is 120 Å². The summed E-state index contributed by atoms with van der Waals surface area (Å²) in [6, 6.07) is 21.4. The Hall–Kier alpha value is -9.00. The molecule has 5 heterocycles. The maximum absolute atomic E-state index is 13.8. The van der Waals surface area contributed by atoms with Gasteiger partial charge in [-0.15, -0.1) is 20.5 Å². The van der Waals surface area contributed by atoms with Gasteiger partial charge < -0.3 is 50.3 Å². The molecule has 2 amide bonds. The Morgan fingerprint density at radius 1 is 0.576 bits per heavy atom. The first-order valence-corrected chi connectivity index (χ1v) is 37.4. The number of carbonyl (C=O) groups excluding carboxylic acids is 4. The molecule has 0 spiro atoms. The molecule has 1 aliphatic carbocycles. The summed E-state index contributed by atoms with van der Waals surface area (Å²) in [6.45, 7) is 16.9. The molecular formula is C65H75N17O12S5. The average molecular weight is 1450 g/mol. The third kappa shape index (κ3) is 19.3. The molecule has 3 aromatic heterocycles. The molecule has 2 saturated heterocycles. The number of ether oxygens (including phenoxy) is 2. The van der Waals surface area contributed by atoms with Crippen LogP contribution in [0.3, 0.4) is 0 Å². The molecule has 7 aromatic rings. The maximum Gasteiger partial charge on any atom is 0.294 e. The molecular weight excluding hydrogens is 1370 g/mol. The largest absolute Gasteiger partial charge is 0.378 e. The van der Waals surface area contributed by atoms with Crippen molar-refractivity contribution in [3.63, 3.8) is 0 Å². The molecule has 0 unspecified atom stereocenters. The van der Waals surface area contributed by atoms with E-state index in [1.54, 1.807) is 11.8 Å². The van der Waals surface area contributed by atoms with Crippen LogP contribution in [0.1, 0.15) is 83.4 Å². The fourth-order valence-electron chi connectivity index (χ4n) is 11.0. The Morgan fingerprint density at radius 3 is 1.37 bits per heavy atom. The molecule has 0 atom stereocenters. The van der Waals surface area contributed by atoms with Crippen molar-refractivity contribution in [3.05, 3.63) is 106 Å². The third-order valence-electron chi connectivity index (χ3n) is 16.1. The van der Waals surface area contributed by atoms with Crippen LogP contribution in [0.2, 0.25) is 0 Å². The molecule has 3 aliphatic rings. The Labute approximate surface area is 585 Å². The van der Waals surface area contributed by atoms with E-state index in [1.807, 2.05) is 46.2 Å². The number of thioether (sulfide) groups is 1. The molecule has 522 valence electrons. The normalized spacial score (nSPS) is 15.2. The van der Waals surface area contributed by atoms with Crippen molar-refractivity contribution in [2.24, 2.45) is 20.5 Å². The van der Waals surface area contributed by atoms with Crippen molar-refractivity contribution in [3.8, 4) is 0 Å². The lowest BCUT2D eigenvalue weighted by molar-refractivity contribution is -0.120. The van der Waals surface area contributed by atoms with E-state index in [0.29, 0.717) is 128 Å². The summed E-state index contributed by atoms with van der Waals surface area (Å²) in [7, 11) is -9.19. The predicted molar refractivity (Wildman–Crippen MR) is 385 cm³/mol. The number of azo groups is 2. The standard InChI is InChI=1S/C65H75N17O12S5/c1-7-79(8-2)44-22-24-51(75-77-64-70-57(81-26-30-93-31-27-81)55(96-64)38-49(40(5)83)59(85)66-42-16-14-20-47(34-42)98(87,88)89)53(36-44)68-61-72-62(74-63(73-61)95-46-18-12-11-13-19-46)69-54-37-45(80(9-3)10-4)23-25-52(54)76-78-65-71-58(82-28-32-94-33-29-82)56(97-65)39-50(41(6)84)60(86)67-43-17-15-21-48(35-43)99(90,91)92/h14-17,20-25,34-39,46H,7-13,18-19,26-33H2,1-6H3,(H,66,85)(H,67,86)(H,87,88,89)(H,90,91,92)(H2,68,69,72,73,74)/b49-38-,50-39+,77-75?,78-76?. The number of carbonyl (C=O) groups is 4. The summed E-state index contributed by atoms with van der Waals surface area (Å²) in [5.41, 5.74) is 3.05. The van der Waals surface area contributed by atoms with E-state index in [0.717, 1.165) is 78.3 Å². The maximum atomic E-state index is 13.8. The van der Waals surface area contributed by atoms with Crippen LogP contribution in [0.15, 0.2) is 131 Å². The summed E-state index contributed by atoms with van der Waals surface area (Å²) in [6.07, 6.45) is 8.07. The first kappa shape index (κ1) is 72.7. The van der Waals surface area contributed by atoms with Gasteiger partial charge in [-0.2, -0.15) is 41.8 Å². The summed E-state index contributed by atoms with van der Waals surface area (Å²) in [4.78, 5) is 87.1. The van der Waals surface area contributed by atoms with Crippen LogP contribution in [0, 0.1) is 0 Å². The second kappa shape index (κ2) is 33.2. The van der Waals surface area contributed by atoms with E-state index in [2.05, 4.69) is 69.0 Å². The SMILES string of the molecule is CCN(CC)c1ccc(N=Nc2nc(N3CCOCC3)c(/C=C(/C(C)=O)C(=O)Nc3cccc(S(=O)(=O)O)c3)s2)c(Nc2nc(Nc3cc(N(CC)CC)ccc3N=Nc3nc(N4CCOCC4)c(/C=C(\C(C)=O)C(=O)Nc4cccc(S(=O)(=O)O)c4)s3)nc(SC3CCCCC3)n2)c1. The highest BCUT2D eigenvalue weighted by Gasteiger charge is 2.27. The highest BCUT2D eigenvalue weighted by atomic mass is 32.2. The van der Waals surface area contributed by atoms with E-state index in [-0.39, 0.29) is 49.9 Å². The fourth-order valence-corrected chi connectivity index (χ4v) is 14.9. The van der Waals surface area contributed by atoms with Crippen molar-refractivity contribution in [1.29, 1.82) is 0 Å². The van der Waals surface area contributed by atoms with Gasteiger partial charge in [-0.1, -0.05) is 65.8 Å².